The predicted octanol–water partition coefficient (Wildman–Crippen LogP) is 0.159. The van der Waals surface area contributed by atoms with E-state index in [4.69, 9.17) is 5.73 Å². The van der Waals surface area contributed by atoms with Crippen LogP contribution in [-0.4, -0.2) is 32.0 Å². The van der Waals surface area contributed by atoms with Crippen LogP contribution < -0.4 is 16.6 Å². The lowest BCUT2D eigenvalue weighted by Gasteiger charge is -2.19. The molecule has 0 aliphatic carbocycles. The molecule has 2 aromatic rings. The summed E-state index contributed by atoms with van der Waals surface area (Å²) in [5.74, 6) is 0.809. The van der Waals surface area contributed by atoms with Gasteiger partial charge in [0.25, 0.3) is 5.56 Å². The maximum Gasteiger partial charge on any atom is 0.278 e. The molecule has 7 nitrogen and oxygen atoms in total. The first-order chi connectivity index (χ1) is 8.35. The van der Waals surface area contributed by atoms with Gasteiger partial charge in [0.15, 0.2) is 11.2 Å². The van der Waals surface area contributed by atoms with Crippen molar-refractivity contribution in [3.05, 3.63) is 16.2 Å². The van der Waals surface area contributed by atoms with E-state index in [9.17, 15) is 4.79 Å². The van der Waals surface area contributed by atoms with Crippen molar-refractivity contribution in [3.8, 4) is 0 Å². The molecule has 0 saturated heterocycles. The number of aromatic amines is 2. The number of nitrogens with zero attached hydrogens (tertiary/aromatic N) is 2. The predicted molar refractivity (Wildman–Crippen MR) is 70.4 cm³/mol. The number of nitrogens with two attached hydrogens (primary N) is 1. The fourth-order valence-electron chi connectivity index (χ4n) is 1.65. The fourth-order valence-corrected chi connectivity index (χ4v) is 1.65. The molecule has 2 rings (SSSR count). The molecule has 18 heavy (non-hydrogen) atoms. The summed E-state index contributed by atoms with van der Waals surface area (Å²) in [5.41, 5.74) is 5.96. The number of H-pyrrole nitrogens is 2. The van der Waals surface area contributed by atoms with Crippen molar-refractivity contribution >= 4 is 17.1 Å². The maximum atomic E-state index is 11.6. The van der Waals surface area contributed by atoms with E-state index in [1.54, 1.807) is 0 Å². The standard InChI is InChI=1S/C11H18N6O/c1-11(2,3)13-5-4-6-14-7-8(15-6)16-10(12)17-9(7)18/h13H,4-5H2,1-3H3,(H4,12,14,15,16,17,18). The lowest BCUT2D eigenvalue weighted by atomic mass is 10.1. The van der Waals surface area contributed by atoms with Gasteiger partial charge in [-0.2, -0.15) is 4.98 Å². The third-order valence-corrected chi connectivity index (χ3v) is 2.45. The summed E-state index contributed by atoms with van der Waals surface area (Å²) in [7, 11) is 0. The van der Waals surface area contributed by atoms with Gasteiger partial charge in [0.1, 0.15) is 5.82 Å². The molecule has 0 atom stereocenters. The van der Waals surface area contributed by atoms with Gasteiger partial charge < -0.3 is 16.0 Å². The molecule has 0 unspecified atom stereocenters. The van der Waals surface area contributed by atoms with Crippen LogP contribution in [0.4, 0.5) is 5.95 Å². The highest BCUT2D eigenvalue weighted by Gasteiger charge is 2.11. The van der Waals surface area contributed by atoms with Crippen LogP contribution in [-0.2, 0) is 6.42 Å². The number of imidazole rings is 1. The Hall–Kier alpha value is -1.89. The lowest BCUT2D eigenvalue weighted by molar-refractivity contribution is 0.428. The van der Waals surface area contributed by atoms with E-state index in [0.29, 0.717) is 17.6 Å². The fraction of sp³-hybridized carbons (Fsp3) is 0.545. The number of nitrogen functional groups attached to an aromatic ring is 1. The Balaban J connectivity index is 2.16. The molecule has 0 aliphatic rings. The van der Waals surface area contributed by atoms with Crippen molar-refractivity contribution in [3.63, 3.8) is 0 Å². The van der Waals surface area contributed by atoms with Crippen molar-refractivity contribution in [1.82, 2.24) is 25.3 Å². The first kappa shape index (κ1) is 12.6. The van der Waals surface area contributed by atoms with Crippen molar-refractivity contribution in [2.45, 2.75) is 32.7 Å². The Morgan fingerprint density at radius 2 is 2.00 bits per heavy atom. The van der Waals surface area contributed by atoms with Gasteiger partial charge in [-0.25, -0.2) is 4.98 Å². The molecular weight excluding hydrogens is 232 g/mol. The zero-order chi connectivity index (χ0) is 13.3. The molecule has 0 saturated carbocycles. The van der Waals surface area contributed by atoms with Gasteiger partial charge in [0.05, 0.1) is 0 Å². The van der Waals surface area contributed by atoms with Crippen LogP contribution in [0.15, 0.2) is 4.79 Å². The minimum absolute atomic E-state index is 0.0617. The van der Waals surface area contributed by atoms with Crippen LogP contribution in [0.25, 0.3) is 11.2 Å². The van der Waals surface area contributed by atoms with Crippen molar-refractivity contribution < 1.29 is 0 Å². The first-order valence-corrected chi connectivity index (χ1v) is 5.84. The van der Waals surface area contributed by atoms with Crippen molar-refractivity contribution in [2.24, 2.45) is 0 Å². The zero-order valence-corrected chi connectivity index (χ0v) is 10.8. The van der Waals surface area contributed by atoms with Crippen LogP contribution in [0.5, 0.6) is 0 Å². The smallest absolute Gasteiger partial charge is 0.278 e. The number of hydrogen-bond acceptors (Lipinski definition) is 5. The van der Waals surface area contributed by atoms with Crippen LogP contribution in [0, 0.1) is 0 Å². The molecule has 0 fully saturated rings. The highest BCUT2D eigenvalue weighted by Crippen LogP contribution is 2.05. The lowest BCUT2D eigenvalue weighted by Crippen LogP contribution is -2.37. The molecule has 0 amide bonds. The van der Waals surface area contributed by atoms with E-state index in [0.717, 1.165) is 12.4 Å². The summed E-state index contributed by atoms with van der Waals surface area (Å²) in [5, 5.41) is 3.35. The summed E-state index contributed by atoms with van der Waals surface area (Å²) < 4.78 is 0. The van der Waals surface area contributed by atoms with Crippen LogP contribution in [0.3, 0.4) is 0 Å². The van der Waals surface area contributed by atoms with Gasteiger partial charge >= 0.3 is 0 Å². The molecule has 0 aliphatic heterocycles. The molecule has 0 radical (unpaired) electrons. The van der Waals surface area contributed by atoms with Crippen LogP contribution in [0.2, 0.25) is 0 Å². The summed E-state index contributed by atoms with van der Waals surface area (Å²) >= 11 is 0. The largest absolute Gasteiger partial charge is 0.369 e. The summed E-state index contributed by atoms with van der Waals surface area (Å²) in [4.78, 5) is 25.2. The third-order valence-electron chi connectivity index (χ3n) is 2.45. The highest BCUT2D eigenvalue weighted by molar-refractivity contribution is 5.70. The molecule has 5 N–H and O–H groups in total. The topological polar surface area (TPSA) is 112 Å². The third kappa shape index (κ3) is 2.86. The molecule has 0 aromatic carbocycles. The van der Waals surface area contributed by atoms with Gasteiger partial charge in [-0.15, -0.1) is 0 Å². The molecule has 0 spiro atoms. The monoisotopic (exact) mass is 250 g/mol. The van der Waals surface area contributed by atoms with E-state index in [1.165, 1.54) is 0 Å². The number of nitrogens with one attached hydrogen (secondary N) is 3. The average molecular weight is 250 g/mol. The SMILES string of the molecule is CC(C)(C)NCCc1nc2nc(N)[nH]c(=O)c2[nH]1. The van der Waals surface area contributed by atoms with Gasteiger partial charge in [0, 0.05) is 18.5 Å². The van der Waals surface area contributed by atoms with Gasteiger partial charge in [-0.3, -0.25) is 9.78 Å². The first-order valence-electron chi connectivity index (χ1n) is 5.84. The maximum absolute atomic E-state index is 11.6. The average Bonchev–Trinajstić information content (AvgIpc) is 2.58. The molecule has 2 heterocycles. The van der Waals surface area contributed by atoms with E-state index in [2.05, 4.69) is 46.0 Å². The number of rotatable bonds is 3. The summed E-state index contributed by atoms with van der Waals surface area (Å²) in [6.45, 7) is 7.06. The van der Waals surface area contributed by atoms with Gasteiger partial charge in [-0.05, 0) is 20.8 Å². The van der Waals surface area contributed by atoms with Crippen LogP contribution >= 0.6 is 0 Å². The van der Waals surface area contributed by atoms with Gasteiger partial charge in [-0.1, -0.05) is 0 Å². The Labute approximate surface area is 104 Å². The second kappa shape index (κ2) is 4.41. The van der Waals surface area contributed by atoms with E-state index in [-0.39, 0.29) is 17.0 Å². The van der Waals surface area contributed by atoms with E-state index in [1.807, 2.05) is 0 Å². The molecule has 0 bridgehead atoms. The molecule has 98 valence electrons. The quantitative estimate of drug-likeness (QED) is 0.620. The molecular formula is C11H18N6O. The molecule has 7 heteroatoms. The minimum Gasteiger partial charge on any atom is -0.369 e. The second-order valence-corrected chi connectivity index (χ2v) is 5.26. The van der Waals surface area contributed by atoms with E-state index >= 15 is 0 Å². The Kier molecular flexibility index (Phi) is 3.08. The summed E-state index contributed by atoms with van der Waals surface area (Å²) in [6.07, 6.45) is 0.701. The normalized spacial score (nSPS) is 12.2. The highest BCUT2D eigenvalue weighted by atomic mass is 16.1. The number of fused-ring (bicyclic) bond motifs is 1. The Morgan fingerprint density at radius 3 is 2.67 bits per heavy atom. The van der Waals surface area contributed by atoms with Crippen molar-refractivity contribution in [2.75, 3.05) is 12.3 Å². The zero-order valence-electron chi connectivity index (χ0n) is 10.8. The number of hydrogen-bond donors (Lipinski definition) is 4. The second-order valence-electron chi connectivity index (χ2n) is 5.26. The number of aromatic nitrogens is 4. The van der Waals surface area contributed by atoms with E-state index < -0.39 is 0 Å². The Bertz CT molecular complexity index is 606. The summed E-state index contributed by atoms with van der Waals surface area (Å²) in [6, 6.07) is 0. The molecule has 2 aromatic heterocycles. The van der Waals surface area contributed by atoms with Crippen LogP contribution in [0.1, 0.15) is 26.6 Å². The number of anilines is 1. The van der Waals surface area contributed by atoms with Gasteiger partial charge in [0.2, 0.25) is 5.95 Å². The minimum atomic E-state index is -0.292. The Morgan fingerprint density at radius 1 is 1.28 bits per heavy atom. The van der Waals surface area contributed by atoms with Crippen molar-refractivity contribution in [1.29, 1.82) is 0 Å².